The lowest BCUT2D eigenvalue weighted by atomic mass is 9.94. The molecule has 6 nitrogen and oxygen atoms in total. The van der Waals surface area contributed by atoms with E-state index in [0.29, 0.717) is 38.6 Å². The third kappa shape index (κ3) is 5.93. The zero-order valence-electron chi connectivity index (χ0n) is 16.6. The van der Waals surface area contributed by atoms with Crippen LogP contribution in [0.15, 0.2) is 30.3 Å². The molecule has 1 unspecified atom stereocenters. The van der Waals surface area contributed by atoms with Gasteiger partial charge in [-0.25, -0.2) is 0 Å². The minimum Gasteiger partial charge on any atom is -0.380 e. The van der Waals surface area contributed by atoms with Gasteiger partial charge < -0.3 is 20.3 Å². The number of hydrogen-bond acceptors (Lipinski definition) is 4. The first kappa shape index (κ1) is 22.7. The van der Waals surface area contributed by atoms with Crippen LogP contribution < -0.4 is 5.73 Å². The summed E-state index contributed by atoms with van der Waals surface area (Å²) in [6, 6.07) is 10.6. The van der Waals surface area contributed by atoms with Gasteiger partial charge in [-0.1, -0.05) is 30.3 Å². The van der Waals surface area contributed by atoms with Crippen molar-refractivity contribution in [3.05, 3.63) is 35.9 Å². The topological polar surface area (TPSA) is 75.9 Å². The van der Waals surface area contributed by atoms with Crippen molar-refractivity contribution in [3.63, 3.8) is 0 Å². The van der Waals surface area contributed by atoms with E-state index >= 15 is 0 Å². The molecular weight excluding hydrogens is 378 g/mol. The molecule has 7 heteroatoms. The van der Waals surface area contributed by atoms with Crippen molar-refractivity contribution in [2.45, 2.75) is 50.8 Å². The van der Waals surface area contributed by atoms with Gasteiger partial charge in [0.05, 0.1) is 12.5 Å². The van der Waals surface area contributed by atoms with Crippen molar-refractivity contribution in [3.8, 4) is 0 Å². The highest BCUT2D eigenvalue weighted by atomic mass is 35.5. The Morgan fingerprint density at radius 3 is 2.36 bits per heavy atom. The number of nitrogens with zero attached hydrogens (tertiary/aromatic N) is 2. The van der Waals surface area contributed by atoms with Gasteiger partial charge in [-0.15, -0.1) is 12.4 Å². The van der Waals surface area contributed by atoms with Gasteiger partial charge in [0, 0.05) is 45.2 Å². The molecule has 2 aliphatic rings. The molecule has 2 fully saturated rings. The van der Waals surface area contributed by atoms with Crippen molar-refractivity contribution in [2.75, 3.05) is 26.7 Å². The molecule has 2 amide bonds. The lowest BCUT2D eigenvalue weighted by Crippen LogP contribution is -2.45. The number of piperidine rings is 1. The first-order valence-electron chi connectivity index (χ1n) is 9.97. The molecule has 3 rings (SSSR count). The molecule has 1 heterocycles. The van der Waals surface area contributed by atoms with Crippen LogP contribution in [0.3, 0.4) is 0 Å². The van der Waals surface area contributed by atoms with Crippen LogP contribution in [0.2, 0.25) is 0 Å². The predicted molar refractivity (Wildman–Crippen MR) is 111 cm³/mol. The second kappa shape index (κ2) is 10.8. The zero-order chi connectivity index (χ0) is 19.2. The number of rotatable bonds is 8. The Morgan fingerprint density at radius 2 is 1.82 bits per heavy atom. The van der Waals surface area contributed by atoms with Crippen LogP contribution in [-0.4, -0.2) is 60.5 Å². The van der Waals surface area contributed by atoms with Crippen LogP contribution in [0, 0.1) is 5.92 Å². The molecule has 1 aromatic carbocycles. The number of ether oxygens (including phenoxy) is 1. The van der Waals surface area contributed by atoms with Gasteiger partial charge in [-0.2, -0.15) is 0 Å². The van der Waals surface area contributed by atoms with E-state index in [4.69, 9.17) is 10.5 Å². The number of carbonyl (C=O) groups excluding carboxylic acids is 2. The van der Waals surface area contributed by atoms with Gasteiger partial charge >= 0.3 is 0 Å². The summed E-state index contributed by atoms with van der Waals surface area (Å²) in [5, 5.41) is 0. The number of nitrogens with two attached hydrogens (primary N) is 1. The molecule has 0 spiro atoms. The maximum Gasteiger partial charge on any atom is 0.226 e. The number of hydrogen-bond donors (Lipinski definition) is 1. The normalized spacial score (nSPS) is 18.3. The Labute approximate surface area is 173 Å². The third-order valence-corrected chi connectivity index (χ3v) is 5.66. The molecule has 1 aliphatic carbocycles. The van der Waals surface area contributed by atoms with Crippen molar-refractivity contribution >= 4 is 24.2 Å². The van der Waals surface area contributed by atoms with E-state index in [1.165, 1.54) is 5.56 Å². The summed E-state index contributed by atoms with van der Waals surface area (Å²) in [4.78, 5) is 29.4. The maximum atomic E-state index is 13.1. The minimum atomic E-state index is -0.229. The highest BCUT2D eigenvalue weighted by Crippen LogP contribution is 2.32. The van der Waals surface area contributed by atoms with Gasteiger partial charge in [-0.05, 0) is 31.2 Å². The molecule has 0 radical (unpaired) electrons. The summed E-state index contributed by atoms with van der Waals surface area (Å²) in [5.74, 6) is 0.345. The van der Waals surface area contributed by atoms with E-state index in [1.54, 1.807) is 7.11 Å². The van der Waals surface area contributed by atoms with Gasteiger partial charge in [0.15, 0.2) is 0 Å². The fraction of sp³-hybridized carbons (Fsp3) is 0.619. The van der Waals surface area contributed by atoms with Crippen molar-refractivity contribution < 1.29 is 14.3 Å². The third-order valence-electron chi connectivity index (χ3n) is 5.66. The van der Waals surface area contributed by atoms with Crippen molar-refractivity contribution in [1.29, 1.82) is 0 Å². The summed E-state index contributed by atoms with van der Waals surface area (Å²) >= 11 is 0. The first-order valence-corrected chi connectivity index (χ1v) is 9.97. The van der Waals surface area contributed by atoms with E-state index in [9.17, 15) is 9.59 Å². The number of amides is 2. The average molecular weight is 410 g/mol. The largest absolute Gasteiger partial charge is 0.380 e. The number of methoxy groups -OCH3 is 1. The number of halogens is 1. The highest BCUT2D eigenvalue weighted by Gasteiger charge is 2.37. The molecule has 1 saturated carbocycles. The number of carbonyl (C=O) groups is 2. The summed E-state index contributed by atoms with van der Waals surface area (Å²) in [6.45, 7) is 2.31. The van der Waals surface area contributed by atoms with Crippen LogP contribution in [0.5, 0.6) is 0 Å². The second-order valence-corrected chi connectivity index (χ2v) is 7.64. The monoisotopic (exact) mass is 409 g/mol. The SMILES string of the molecule is COC(CN)CC(=O)N1CCC(C(=O)N(Cc2ccccc2)C2CC2)CC1.Cl. The Hall–Kier alpha value is -1.63. The van der Waals surface area contributed by atoms with E-state index < -0.39 is 0 Å². The zero-order valence-corrected chi connectivity index (χ0v) is 17.4. The predicted octanol–water partition coefficient (Wildman–Crippen LogP) is 2.20. The molecule has 2 N–H and O–H groups in total. The molecule has 0 bridgehead atoms. The van der Waals surface area contributed by atoms with Crippen LogP contribution in [0.25, 0.3) is 0 Å². The Bertz CT molecular complexity index is 627. The quantitative estimate of drug-likeness (QED) is 0.714. The van der Waals surface area contributed by atoms with Crippen LogP contribution in [-0.2, 0) is 20.9 Å². The lowest BCUT2D eigenvalue weighted by Gasteiger charge is -2.35. The van der Waals surface area contributed by atoms with Crippen LogP contribution in [0.1, 0.15) is 37.7 Å². The molecule has 0 aromatic heterocycles. The van der Waals surface area contributed by atoms with E-state index in [0.717, 1.165) is 25.7 Å². The molecule has 1 saturated heterocycles. The Kier molecular flexibility index (Phi) is 8.73. The number of benzene rings is 1. The maximum absolute atomic E-state index is 13.1. The van der Waals surface area contributed by atoms with Gasteiger partial charge in [-0.3, -0.25) is 9.59 Å². The molecule has 1 aliphatic heterocycles. The fourth-order valence-corrected chi connectivity index (χ4v) is 3.75. The fourth-order valence-electron chi connectivity index (χ4n) is 3.75. The second-order valence-electron chi connectivity index (χ2n) is 7.64. The minimum absolute atomic E-state index is 0. The van der Waals surface area contributed by atoms with E-state index in [-0.39, 0.29) is 36.2 Å². The van der Waals surface area contributed by atoms with E-state index in [2.05, 4.69) is 17.0 Å². The van der Waals surface area contributed by atoms with Crippen molar-refractivity contribution in [1.82, 2.24) is 9.80 Å². The smallest absolute Gasteiger partial charge is 0.226 e. The van der Waals surface area contributed by atoms with Gasteiger partial charge in [0.25, 0.3) is 0 Å². The average Bonchev–Trinajstić information content (AvgIpc) is 3.55. The molecule has 156 valence electrons. The van der Waals surface area contributed by atoms with Crippen LogP contribution in [0.4, 0.5) is 0 Å². The van der Waals surface area contributed by atoms with Gasteiger partial charge in [0.2, 0.25) is 11.8 Å². The Balaban J connectivity index is 0.00000280. The van der Waals surface area contributed by atoms with E-state index in [1.807, 2.05) is 23.1 Å². The summed E-state index contributed by atoms with van der Waals surface area (Å²) in [7, 11) is 1.58. The van der Waals surface area contributed by atoms with Gasteiger partial charge in [0.1, 0.15) is 0 Å². The van der Waals surface area contributed by atoms with Crippen molar-refractivity contribution in [2.24, 2.45) is 11.7 Å². The summed E-state index contributed by atoms with van der Waals surface area (Å²) in [5.41, 5.74) is 6.79. The molecule has 28 heavy (non-hydrogen) atoms. The molecular formula is C21H32ClN3O3. The van der Waals surface area contributed by atoms with Crippen LogP contribution >= 0.6 is 12.4 Å². The molecule has 1 aromatic rings. The molecule has 1 atom stereocenters. The standard InChI is InChI=1S/C21H31N3O3.ClH/c1-27-19(14-22)13-20(25)23-11-9-17(10-12-23)21(26)24(18-7-8-18)15-16-5-3-2-4-6-16;/h2-6,17-19H,7-15,22H2,1H3;1H. The Morgan fingerprint density at radius 1 is 1.18 bits per heavy atom. The lowest BCUT2D eigenvalue weighted by molar-refractivity contribution is -0.142. The first-order chi connectivity index (χ1) is 13.1. The summed E-state index contributed by atoms with van der Waals surface area (Å²) in [6.07, 6.45) is 3.77. The summed E-state index contributed by atoms with van der Waals surface area (Å²) < 4.78 is 5.21. The number of likely N-dealkylation sites (tertiary alicyclic amines) is 1. The highest BCUT2D eigenvalue weighted by molar-refractivity contribution is 5.85.